The minimum atomic E-state index is -0.562. The third kappa shape index (κ3) is 4.76. The van der Waals surface area contributed by atoms with Crippen molar-refractivity contribution in [3.8, 4) is 0 Å². The van der Waals surface area contributed by atoms with E-state index >= 15 is 0 Å². The highest BCUT2D eigenvalue weighted by Gasteiger charge is 2.32. The first kappa shape index (κ1) is 20.4. The van der Waals surface area contributed by atoms with E-state index < -0.39 is 6.04 Å². The number of likely N-dealkylation sites (tertiary alicyclic amines) is 1. The Kier molecular flexibility index (Phi) is 7.13. The number of nitrogens with zero attached hydrogens (tertiary/aromatic N) is 4. The molecule has 9 heteroatoms. The summed E-state index contributed by atoms with van der Waals surface area (Å²) in [6.45, 7) is 4.16. The molecule has 0 bridgehead atoms. The van der Waals surface area contributed by atoms with Crippen LogP contribution in [0.15, 0.2) is 29.1 Å². The predicted molar refractivity (Wildman–Crippen MR) is 107 cm³/mol. The highest BCUT2D eigenvalue weighted by atomic mass is 32.2. The van der Waals surface area contributed by atoms with E-state index in [0.29, 0.717) is 19.5 Å². The van der Waals surface area contributed by atoms with Crippen molar-refractivity contribution in [3.05, 3.63) is 36.3 Å². The van der Waals surface area contributed by atoms with Gasteiger partial charge in [-0.2, -0.15) is 11.8 Å². The van der Waals surface area contributed by atoms with Crippen LogP contribution >= 0.6 is 11.8 Å². The molecule has 2 aromatic rings. The molecule has 0 aromatic carbocycles. The van der Waals surface area contributed by atoms with Crippen LogP contribution < -0.4 is 5.32 Å². The first-order valence-corrected chi connectivity index (χ1v) is 11.0. The van der Waals surface area contributed by atoms with Crippen LogP contribution in [-0.2, 0) is 11.3 Å². The second kappa shape index (κ2) is 9.77. The zero-order valence-corrected chi connectivity index (χ0v) is 17.2. The van der Waals surface area contributed by atoms with Crippen molar-refractivity contribution in [2.24, 2.45) is 0 Å². The average molecular weight is 406 g/mol. The van der Waals surface area contributed by atoms with Gasteiger partial charge in [-0.1, -0.05) is 0 Å². The minimum absolute atomic E-state index is 0.0405. The lowest BCUT2D eigenvalue weighted by atomic mass is 9.96. The average Bonchev–Trinajstić information content (AvgIpc) is 3.42. The number of aryl methyl sites for hydroxylation is 1. The first-order valence-electron chi connectivity index (χ1n) is 9.63. The summed E-state index contributed by atoms with van der Waals surface area (Å²) in [6.07, 6.45) is 7.65. The molecule has 0 radical (unpaired) electrons. The van der Waals surface area contributed by atoms with Crippen molar-refractivity contribution in [3.63, 3.8) is 0 Å². The van der Waals surface area contributed by atoms with Crippen LogP contribution in [0.1, 0.15) is 48.5 Å². The Morgan fingerprint density at radius 2 is 2.32 bits per heavy atom. The number of carbonyl (C=O) groups excluding carboxylic acids is 2. The molecule has 8 nitrogen and oxygen atoms in total. The summed E-state index contributed by atoms with van der Waals surface area (Å²) >= 11 is 1.66. The standard InChI is InChI=1S/C19H27N5O3S/c1-3-23-13-20-22-17(23)14-6-4-9-24(12-14)19(26)15(8-11-28-2)21-18(25)16-7-5-10-27-16/h5,7,10,13-15H,3-4,6,8-9,11-12H2,1-2H3,(H,21,25). The molecule has 152 valence electrons. The van der Waals surface area contributed by atoms with Gasteiger partial charge in [-0.25, -0.2) is 0 Å². The third-order valence-corrected chi connectivity index (χ3v) is 5.69. The molecule has 2 amide bonds. The van der Waals surface area contributed by atoms with Crippen LogP contribution in [0.2, 0.25) is 0 Å². The van der Waals surface area contributed by atoms with Crippen molar-refractivity contribution >= 4 is 23.6 Å². The quantitative estimate of drug-likeness (QED) is 0.723. The van der Waals surface area contributed by atoms with Gasteiger partial charge in [0.2, 0.25) is 5.91 Å². The Hall–Kier alpha value is -2.29. The van der Waals surface area contributed by atoms with Gasteiger partial charge in [0.15, 0.2) is 5.76 Å². The number of carbonyl (C=O) groups is 2. The number of hydrogen-bond donors (Lipinski definition) is 1. The smallest absolute Gasteiger partial charge is 0.287 e. The lowest BCUT2D eigenvalue weighted by molar-refractivity contribution is -0.134. The van der Waals surface area contributed by atoms with Crippen LogP contribution in [0.3, 0.4) is 0 Å². The fourth-order valence-electron chi connectivity index (χ4n) is 3.56. The highest BCUT2D eigenvalue weighted by molar-refractivity contribution is 7.98. The van der Waals surface area contributed by atoms with E-state index in [-0.39, 0.29) is 23.5 Å². The molecule has 2 atom stereocenters. The fourth-order valence-corrected chi connectivity index (χ4v) is 4.03. The van der Waals surface area contributed by atoms with Crippen molar-refractivity contribution in [1.82, 2.24) is 25.0 Å². The molecule has 1 fully saturated rings. The summed E-state index contributed by atoms with van der Waals surface area (Å²) in [5, 5.41) is 11.1. The van der Waals surface area contributed by atoms with Gasteiger partial charge in [-0.3, -0.25) is 9.59 Å². The second-order valence-corrected chi connectivity index (χ2v) is 7.87. The molecule has 3 rings (SSSR count). The molecule has 1 aliphatic heterocycles. The molecule has 0 aliphatic carbocycles. The Morgan fingerprint density at radius 3 is 3.04 bits per heavy atom. The van der Waals surface area contributed by atoms with Gasteiger partial charge < -0.3 is 19.2 Å². The van der Waals surface area contributed by atoms with Gasteiger partial charge in [-0.15, -0.1) is 10.2 Å². The molecule has 3 heterocycles. The third-order valence-electron chi connectivity index (χ3n) is 5.04. The maximum absolute atomic E-state index is 13.2. The maximum Gasteiger partial charge on any atom is 0.287 e. The number of hydrogen-bond acceptors (Lipinski definition) is 6. The Morgan fingerprint density at radius 1 is 1.46 bits per heavy atom. The normalized spacial score (nSPS) is 18.1. The van der Waals surface area contributed by atoms with Gasteiger partial charge in [-0.05, 0) is 50.3 Å². The van der Waals surface area contributed by atoms with Gasteiger partial charge in [0.25, 0.3) is 5.91 Å². The molecule has 1 N–H and O–H groups in total. The maximum atomic E-state index is 13.2. The number of amides is 2. The van der Waals surface area contributed by atoms with E-state index in [1.165, 1.54) is 6.26 Å². The summed E-state index contributed by atoms with van der Waals surface area (Å²) in [6, 6.07) is 2.69. The lowest BCUT2D eigenvalue weighted by Crippen LogP contribution is -2.51. The lowest BCUT2D eigenvalue weighted by Gasteiger charge is -2.34. The summed E-state index contributed by atoms with van der Waals surface area (Å²) in [7, 11) is 0. The first-order chi connectivity index (χ1) is 13.6. The Labute approximate surface area is 169 Å². The number of nitrogens with one attached hydrogen (secondary N) is 1. The molecule has 2 unspecified atom stereocenters. The van der Waals surface area contributed by atoms with Crippen molar-refractivity contribution in [1.29, 1.82) is 0 Å². The Bertz CT molecular complexity index is 776. The van der Waals surface area contributed by atoms with Gasteiger partial charge in [0.05, 0.1) is 6.26 Å². The number of piperidine rings is 1. The van der Waals surface area contributed by atoms with E-state index in [1.807, 2.05) is 15.7 Å². The van der Waals surface area contributed by atoms with Crippen LogP contribution in [0.5, 0.6) is 0 Å². The number of aromatic nitrogens is 3. The summed E-state index contributed by atoms with van der Waals surface area (Å²) in [5.74, 6) is 1.71. The van der Waals surface area contributed by atoms with Crippen LogP contribution in [0.4, 0.5) is 0 Å². The van der Waals surface area contributed by atoms with E-state index in [0.717, 1.165) is 31.0 Å². The molecular formula is C19H27N5O3S. The summed E-state index contributed by atoms with van der Waals surface area (Å²) in [5.41, 5.74) is 0. The van der Waals surface area contributed by atoms with Gasteiger partial charge in [0.1, 0.15) is 18.2 Å². The molecule has 2 aromatic heterocycles. The summed E-state index contributed by atoms with van der Waals surface area (Å²) < 4.78 is 7.19. The zero-order chi connectivity index (χ0) is 19.9. The van der Waals surface area contributed by atoms with Crippen molar-refractivity contribution in [2.75, 3.05) is 25.1 Å². The molecular weight excluding hydrogens is 378 g/mol. The second-order valence-electron chi connectivity index (χ2n) is 6.88. The number of rotatable bonds is 8. The highest BCUT2D eigenvalue weighted by Crippen LogP contribution is 2.26. The van der Waals surface area contributed by atoms with Crippen LogP contribution in [0.25, 0.3) is 0 Å². The van der Waals surface area contributed by atoms with Gasteiger partial charge in [0, 0.05) is 25.6 Å². The molecule has 28 heavy (non-hydrogen) atoms. The zero-order valence-electron chi connectivity index (χ0n) is 16.3. The number of furan rings is 1. The van der Waals surface area contributed by atoms with E-state index in [1.54, 1.807) is 30.2 Å². The van der Waals surface area contributed by atoms with Crippen molar-refractivity contribution in [2.45, 2.75) is 44.7 Å². The monoisotopic (exact) mass is 405 g/mol. The molecule has 1 saturated heterocycles. The van der Waals surface area contributed by atoms with Crippen LogP contribution in [-0.4, -0.2) is 62.6 Å². The van der Waals surface area contributed by atoms with E-state index in [4.69, 9.17) is 4.42 Å². The molecule has 0 saturated carbocycles. The fraction of sp³-hybridized carbons (Fsp3) is 0.579. The van der Waals surface area contributed by atoms with E-state index in [9.17, 15) is 9.59 Å². The Balaban J connectivity index is 1.69. The number of thioether (sulfide) groups is 1. The summed E-state index contributed by atoms with van der Waals surface area (Å²) in [4.78, 5) is 27.5. The molecule has 1 aliphatic rings. The topological polar surface area (TPSA) is 93.3 Å². The van der Waals surface area contributed by atoms with Gasteiger partial charge >= 0.3 is 0 Å². The van der Waals surface area contributed by atoms with E-state index in [2.05, 4.69) is 22.4 Å². The molecule has 0 spiro atoms. The van der Waals surface area contributed by atoms with Crippen molar-refractivity contribution < 1.29 is 14.0 Å². The minimum Gasteiger partial charge on any atom is -0.459 e. The largest absolute Gasteiger partial charge is 0.459 e. The predicted octanol–water partition coefficient (Wildman–Crippen LogP) is 2.15. The SMILES string of the molecule is CCn1cnnc1C1CCCN(C(=O)C(CCSC)NC(=O)c2ccco2)C1. The van der Waals surface area contributed by atoms with Crippen LogP contribution in [0, 0.1) is 0 Å².